The van der Waals surface area contributed by atoms with Gasteiger partial charge in [-0.3, -0.25) is 19.1 Å². The molecule has 0 fully saturated rings. The van der Waals surface area contributed by atoms with Gasteiger partial charge in [-0.25, -0.2) is 4.79 Å². The number of benzene rings is 1. The van der Waals surface area contributed by atoms with E-state index < -0.39 is 11.2 Å². The third kappa shape index (κ3) is 5.57. The van der Waals surface area contributed by atoms with Crippen molar-refractivity contribution in [3.05, 3.63) is 80.1 Å². The number of nitrogens with zero attached hydrogens (tertiary/aromatic N) is 4. The second kappa shape index (κ2) is 11.0. The van der Waals surface area contributed by atoms with Crippen LogP contribution in [0.4, 0.5) is 11.5 Å². The lowest BCUT2D eigenvalue weighted by Crippen LogP contribution is -2.41. The Morgan fingerprint density at radius 2 is 2.00 bits per heavy atom. The number of nitrogen functional groups attached to an aromatic ring is 1. The van der Waals surface area contributed by atoms with E-state index in [-0.39, 0.29) is 36.8 Å². The molecule has 182 valence electrons. The van der Waals surface area contributed by atoms with E-state index in [4.69, 9.17) is 10.3 Å². The van der Waals surface area contributed by atoms with Crippen LogP contribution in [0.15, 0.2) is 62.0 Å². The first-order valence-corrected chi connectivity index (χ1v) is 12.2. The van der Waals surface area contributed by atoms with Crippen LogP contribution in [-0.4, -0.2) is 25.6 Å². The summed E-state index contributed by atoms with van der Waals surface area (Å²) in [5.74, 6) is 0.389. The van der Waals surface area contributed by atoms with Gasteiger partial charge in [-0.1, -0.05) is 54.9 Å². The van der Waals surface area contributed by atoms with Crippen molar-refractivity contribution in [1.29, 1.82) is 0 Å². The highest BCUT2D eigenvalue weighted by molar-refractivity contribution is 7.13. The van der Waals surface area contributed by atoms with Crippen LogP contribution in [0, 0.1) is 0 Å². The summed E-state index contributed by atoms with van der Waals surface area (Å²) >= 11 is 1.49. The number of rotatable bonds is 10. The highest BCUT2D eigenvalue weighted by atomic mass is 32.1. The van der Waals surface area contributed by atoms with Gasteiger partial charge in [-0.15, -0.1) is 11.3 Å². The van der Waals surface area contributed by atoms with Crippen LogP contribution in [0.2, 0.25) is 0 Å². The Balaban J connectivity index is 1.63. The predicted molar refractivity (Wildman–Crippen MR) is 134 cm³/mol. The van der Waals surface area contributed by atoms with Crippen molar-refractivity contribution in [2.45, 2.75) is 45.7 Å². The van der Waals surface area contributed by atoms with Gasteiger partial charge in [0.2, 0.25) is 17.6 Å². The third-order valence-electron chi connectivity index (χ3n) is 5.47. The van der Waals surface area contributed by atoms with E-state index in [1.54, 1.807) is 0 Å². The maximum Gasteiger partial charge on any atom is 0.330 e. The average molecular weight is 495 g/mol. The molecule has 35 heavy (non-hydrogen) atoms. The van der Waals surface area contributed by atoms with E-state index in [1.807, 2.05) is 54.8 Å². The zero-order valence-corrected chi connectivity index (χ0v) is 20.1. The third-order valence-corrected chi connectivity index (χ3v) is 6.33. The molecule has 0 spiro atoms. The van der Waals surface area contributed by atoms with Crippen molar-refractivity contribution in [1.82, 2.24) is 19.7 Å². The molecular formula is C24H26N6O4S. The van der Waals surface area contributed by atoms with E-state index in [0.717, 1.165) is 16.9 Å². The van der Waals surface area contributed by atoms with Crippen LogP contribution < -0.4 is 21.9 Å². The number of hydrogen-bond acceptors (Lipinski definition) is 8. The van der Waals surface area contributed by atoms with E-state index in [1.165, 1.54) is 20.8 Å². The molecule has 1 amide bonds. The Bertz CT molecular complexity index is 1390. The number of nitrogens with one attached hydrogen (secondary N) is 1. The molecule has 1 aromatic carbocycles. The van der Waals surface area contributed by atoms with E-state index in [0.29, 0.717) is 24.7 Å². The summed E-state index contributed by atoms with van der Waals surface area (Å²) in [4.78, 5) is 47.5. The molecule has 0 unspecified atom stereocenters. The summed E-state index contributed by atoms with van der Waals surface area (Å²) in [6, 6.07) is 13.0. The van der Waals surface area contributed by atoms with Crippen LogP contribution in [0.25, 0.3) is 10.7 Å². The largest absolute Gasteiger partial charge is 0.383 e. The average Bonchev–Trinajstić information content (AvgIpc) is 3.54. The second-order valence-corrected chi connectivity index (χ2v) is 8.90. The normalized spacial score (nSPS) is 11.0. The quantitative estimate of drug-likeness (QED) is 0.345. The maximum atomic E-state index is 13.4. The van der Waals surface area contributed by atoms with E-state index >= 15 is 0 Å². The highest BCUT2D eigenvalue weighted by Crippen LogP contribution is 2.23. The van der Waals surface area contributed by atoms with Crippen molar-refractivity contribution in [2.24, 2.45) is 0 Å². The van der Waals surface area contributed by atoms with E-state index in [2.05, 4.69) is 15.1 Å². The number of aromatic nitrogens is 4. The van der Waals surface area contributed by atoms with Gasteiger partial charge in [0.1, 0.15) is 5.82 Å². The standard InChI is InChI=1S/C24H26N6O4S/c1-2-3-13-29-21(25)20(23(32)27-24(29)33)30(15-16-8-5-4-6-9-16)19(31)12-11-18-26-22(28-34-18)17-10-7-14-35-17/h4-10,14H,2-3,11-13,15,25H2,1H3,(H,27,32,33). The number of aryl methyl sites for hydroxylation is 1. The maximum absolute atomic E-state index is 13.4. The van der Waals surface area contributed by atoms with Crippen molar-refractivity contribution in [3.63, 3.8) is 0 Å². The van der Waals surface area contributed by atoms with Crippen molar-refractivity contribution >= 4 is 28.7 Å². The summed E-state index contributed by atoms with van der Waals surface area (Å²) in [6.07, 6.45) is 1.73. The zero-order chi connectivity index (χ0) is 24.8. The molecule has 0 saturated heterocycles. The summed E-state index contributed by atoms with van der Waals surface area (Å²) in [5.41, 5.74) is 5.76. The molecule has 11 heteroatoms. The molecule has 0 atom stereocenters. The minimum Gasteiger partial charge on any atom is -0.383 e. The van der Waals surface area contributed by atoms with Crippen LogP contribution >= 0.6 is 11.3 Å². The van der Waals surface area contributed by atoms with Crippen LogP contribution in [0.3, 0.4) is 0 Å². The van der Waals surface area contributed by atoms with Gasteiger partial charge in [-0.05, 0) is 23.4 Å². The number of nitrogens with two attached hydrogens (primary N) is 1. The molecule has 3 aromatic heterocycles. The smallest absolute Gasteiger partial charge is 0.330 e. The number of unbranched alkanes of at least 4 members (excludes halogenated alkanes) is 1. The Kier molecular flexibility index (Phi) is 7.56. The topological polar surface area (TPSA) is 140 Å². The number of carbonyl (C=O) groups excluding carboxylic acids is 1. The second-order valence-electron chi connectivity index (χ2n) is 7.95. The minimum absolute atomic E-state index is 0.00583. The van der Waals surface area contributed by atoms with Gasteiger partial charge in [0.15, 0.2) is 5.69 Å². The Hall–Kier alpha value is -3.99. The Labute approximate surface area is 205 Å². The Morgan fingerprint density at radius 3 is 2.71 bits per heavy atom. The lowest BCUT2D eigenvalue weighted by atomic mass is 10.1. The molecule has 10 nitrogen and oxygen atoms in total. The lowest BCUT2D eigenvalue weighted by molar-refractivity contribution is -0.118. The van der Waals surface area contributed by atoms with Crippen molar-refractivity contribution < 1.29 is 9.32 Å². The molecule has 4 rings (SSSR count). The minimum atomic E-state index is -0.706. The highest BCUT2D eigenvalue weighted by Gasteiger charge is 2.25. The summed E-state index contributed by atoms with van der Waals surface area (Å²) in [5, 5.41) is 5.89. The monoisotopic (exact) mass is 494 g/mol. The SMILES string of the molecule is CCCCn1c(N)c(N(Cc2ccccc2)C(=O)CCc2nc(-c3cccs3)no2)c(=O)[nH]c1=O. The summed E-state index contributed by atoms with van der Waals surface area (Å²) < 4.78 is 6.61. The molecule has 0 aliphatic heterocycles. The first kappa shape index (κ1) is 24.1. The molecule has 0 radical (unpaired) electrons. The van der Waals surface area contributed by atoms with Crippen molar-refractivity contribution in [3.8, 4) is 10.7 Å². The van der Waals surface area contributed by atoms with Crippen LogP contribution in [-0.2, 0) is 24.3 Å². The summed E-state index contributed by atoms with van der Waals surface area (Å²) in [6.45, 7) is 2.44. The lowest BCUT2D eigenvalue weighted by Gasteiger charge is -2.24. The van der Waals surface area contributed by atoms with Gasteiger partial charge >= 0.3 is 5.69 Å². The number of aromatic amines is 1. The number of hydrogen-bond donors (Lipinski definition) is 2. The summed E-state index contributed by atoms with van der Waals surface area (Å²) in [7, 11) is 0. The number of carbonyl (C=O) groups is 1. The van der Waals surface area contributed by atoms with Gasteiger partial charge in [-0.2, -0.15) is 4.98 Å². The van der Waals surface area contributed by atoms with E-state index in [9.17, 15) is 14.4 Å². The molecule has 0 aliphatic rings. The first-order valence-electron chi connectivity index (χ1n) is 11.3. The molecular weight excluding hydrogens is 468 g/mol. The number of amides is 1. The van der Waals surface area contributed by atoms with Gasteiger partial charge in [0.05, 0.1) is 11.4 Å². The van der Waals surface area contributed by atoms with Gasteiger partial charge < -0.3 is 15.2 Å². The number of anilines is 2. The first-order chi connectivity index (χ1) is 17.0. The number of H-pyrrole nitrogens is 1. The Morgan fingerprint density at radius 1 is 1.20 bits per heavy atom. The van der Waals surface area contributed by atoms with Crippen molar-refractivity contribution in [2.75, 3.05) is 10.6 Å². The zero-order valence-electron chi connectivity index (χ0n) is 19.3. The van der Waals surface area contributed by atoms with Gasteiger partial charge in [0, 0.05) is 19.4 Å². The predicted octanol–water partition coefficient (Wildman–Crippen LogP) is 3.20. The molecule has 0 bridgehead atoms. The molecule has 0 aliphatic carbocycles. The number of thiophene rings is 1. The fraction of sp³-hybridized carbons (Fsp3) is 0.292. The molecule has 4 aromatic rings. The van der Waals surface area contributed by atoms with Gasteiger partial charge in [0.25, 0.3) is 5.56 Å². The molecule has 3 heterocycles. The fourth-order valence-corrected chi connectivity index (χ4v) is 4.29. The molecule has 0 saturated carbocycles. The van der Waals surface area contributed by atoms with Crippen LogP contribution in [0.1, 0.15) is 37.6 Å². The van der Waals surface area contributed by atoms with Crippen LogP contribution in [0.5, 0.6) is 0 Å². The fourth-order valence-electron chi connectivity index (χ4n) is 3.65. The molecule has 3 N–H and O–H groups in total.